The summed E-state index contributed by atoms with van der Waals surface area (Å²) in [5, 5.41) is 4.57. The van der Waals surface area contributed by atoms with Crippen LogP contribution in [0.5, 0.6) is 0 Å². The maximum absolute atomic E-state index is 4.61. The van der Waals surface area contributed by atoms with Crippen molar-refractivity contribution in [2.24, 2.45) is 0 Å². The Balaban J connectivity index is 1.62. The van der Waals surface area contributed by atoms with Crippen molar-refractivity contribution in [3.05, 3.63) is 60.2 Å². The van der Waals surface area contributed by atoms with Crippen molar-refractivity contribution < 1.29 is 0 Å². The molecule has 0 spiro atoms. The fourth-order valence-electron chi connectivity index (χ4n) is 3.06. The van der Waals surface area contributed by atoms with Crippen molar-refractivity contribution in [3.63, 3.8) is 0 Å². The van der Waals surface area contributed by atoms with E-state index in [1.54, 1.807) is 10.7 Å². The van der Waals surface area contributed by atoms with Crippen LogP contribution in [0.25, 0.3) is 39.6 Å². The number of H-pyrrole nitrogens is 1. The highest BCUT2D eigenvalue weighted by Crippen LogP contribution is 2.23. The van der Waals surface area contributed by atoms with E-state index in [1.165, 1.54) is 0 Å². The molecule has 0 amide bonds. The third-order valence-electron chi connectivity index (χ3n) is 4.25. The highest BCUT2D eigenvalue weighted by Gasteiger charge is 2.12. The van der Waals surface area contributed by atoms with Crippen molar-refractivity contribution in [3.8, 4) is 22.8 Å². The minimum atomic E-state index is 0.616. The van der Waals surface area contributed by atoms with Crippen LogP contribution in [0.4, 0.5) is 0 Å². The molecule has 0 bridgehead atoms. The van der Waals surface area contributed by atoms with Gasteiger partial charge in [-0.1, -0.05) is 30.3 Å². The first-order valence-corrected chi connectivity index (χ1v) is 8.29. The Kier molecular flexibility index (Phi) is 3.08. The van der Waals surface area contributed by atoms with Gasteiger partial charge < -0.3 is 4.98 Å². The van der Waals surface area contributed by atoms with Gasteiger partial charge in [-0.25, -0.2) is 19.5 Å². The van der Waals surface area contributed by atoms with E-state index < -0.39 is 0 Å². The standard InChI is InChI=1S/C19H15N7/c1-11-10-26-19(12(2)21-11)24-17(25-26)14-8-15-18(20-9-14)23-16(22-15)13-6-4-3-5-7-13/h3-10H,1-2H3,(H,20,22,23). The molecule has 0 saturated heterocycles. The summed E-state index contributed by atoms with van der Waals surface area (Å²) in [5.74, 6) is 1.41. The van der Waals surface area contributed by atoms with Crippen LogP contribution in [-0.2, 0) is 0 Å². The minimum absolute atomic E-state index is 0.616. The van der Waals surface area contributed by atoms with Crippen LogP contribution >= 0.6 is 0 Å². The summed E-state index contributed by atoms with van der Waals surface area (Å²) in [6.07, 6.45) is 3.62. The van der Waals surface area contributed by atoms with Crippen LogP contribution in [-0.4, -0.2) is 34.5 Å². The molecule has 26 heavy (non-hydrogen) atoms. The molecule has 4 heterocycles. The number of nitrogens with one attached hydrogen (secondary N) is 1. The lowest BCUT2D eigenvalue weighted by atomic mass is 10.2. The van der Waals surface area contributed by atoms with E-state index in [1.807, 2.05) is 56.4 Å². The molecular formula is C19H15N7. The maximum atomic E-state index is 4.61. The second kappa shape index (κ2) is 5.45. The third kappa shape index (κ3) is 2.33. The molecule has 1 aromatic carbocycles. The molecule has 126 valence electrons. The first kappa shape index (κ1) is 14.7. The second-order valence-electron chi connectivity index (χ2n) is 6.22. The van der Waals surface area contributed by atoms with Crippen molar-refractivity contribution in [1.29, 1.82) is 0 Å². The molecule has 0 aliphatic carbocycles. The number of fused-ring (bicyclic) bond motifs is 2. The third-order valence-corrected chi connectivity index (χ3v) is 4.25. The number of hydrogen-bond donors (Lipinski definition) is 1. The Morgan fingerprint density at radius 2 is 1.81 bits per heavy atom. The predicted octanol–water partition coefficient (Wildman–Crippen LogP) is 3.35. The van der Waals surface area contributed by atoms with E-state index in [9.17, 15) is 0 Å². The zero-order valence-electron chi connectivity index (χ0n) is 14.3. The minimum Gasteiger partial charge on any atom is -0.337 e. The number of nitrogens with zero attached hydrogens (tertiary/aromatic N) is 6. The quantitative estimate of drug-likeness (QED) is 0.532. The van der Waals surface area contributed by atoms with Crippen LogP contribution in [0.1, 0.15) is 11.4 Å². The number of imidazole rings is 1. The average molecular weight is 341 g/mol. The molecule has 7 heteroatoms. The van der Waals surface area contributed by atoms with Crippen LogP contribution in [0.15, 0.2) is 48.8 Å². The smallest absolute Gasteiger partial charge is 0.183 e. The maximum Gasteiger partial charge on any atom is 0.183 e. The lowest BCUT2D eigenvalue weighted by molar-refractivity contribution is 0.917. The Labute approximate surface area is 148 Å². The fourth-order valence-corrected chi connectivity index (χ4v) is 3.06. The number of aromatic nitrogens is 7. The Bertz CT molecular complexity index is 1250. The van der Waals surface area contributed by atoms with Crippen molar-refractivity contribution in [2.75, 3.05) is 0 Å². The Morgan fingerprint density at radius 1 is 0.962 bits per heavy atom. The van der Waals surface area contributed by atoms with Gasteiger partial charge in [-0.15, -0.1) is 5.10 Å². The highest BCUT2D eigenvalue weighted by atomic mass is 15.3. The molecule has 0 radical (unpaired) electrons. The molecular weight excluding hydrogens is 326 g/mol. The average Bonchev–Trinajstić information content (AvgIpc) is 3.25. The van der Waals surface area contributed by atoms with Crippen LogP contribution < -0.4 is 0 Å². The molecule has 0 atom stereocenters. The lowest BCUT2D eigenvalue weighted by Gasteiger charge is -1.96. The first-order chi connectivity index (χ1) is 12.7. The topological polar surface area (TPSA) is 84.6 Å². The molecule has 0 unspecified atom stereocenters. The van der Waals surface area contributed by atoms with E-state index in [2.05, 4.69) is 30.0 Å². The predicted molar refractivity (Wildman–Crippen MR) is 98.6 cm³/mol. The summed E-state index contributed by atoms with van der Waals surface area (Å²) < 4.78 is 1.76. The van der Waals surface area contributed by atoms with Crippen molar-refractivity contribution >= 4 is 16.8 Å². The zero-order valence-corrected chi connectivity index (χ0v) is 14.3. The monoisotopic (exact) mass is 341 g/mol. The zero-order chi connectivity index (χ0) is 17.7. The molecule has 7 nitrogen and oxygen atoms in total. The van der Waals surface area contributed by atoms with Crippen molar-refractivity contribution in [2.45, 2.75) is 13.8 Å². The molecule has 1 N–H and O–H groups in total. The largest absolute Gasteiger partial charge is 0.337 e. The lowest BCUT2D eigenvalue weighted by Crippen LogP contribution is -1.95. The number of benzene rings is 1. The van der Waals surface area contributed by atoms with E-state index >= 15 is 0 Å². The molecule has 5 rings (SSSR count). The van der Waals surface area contributed by atoms with Gasteiger partial charge in [0.25, 0.3) is 0 Å². The molecule has 0 aliphatic heterocycles. The SMILES string of the molecule is Cc1cn2nc(-c3cnc4nc(-c5ccccc5)[nH]c4c3)nc2c(C)n1. The fraction of sp³-hybridized carbons (Fsp3) is 0.105. The Hall–Kier alpha value is -3.61. The van der Waals surface area contributed by atoms with Crippen LogP contribution in [0, 0.1) is 13.8 Å². The van der Waals surface area contributed by atoms with E-state index in [-0.39, 0.29) is 0 Å². The number of aryl methyl sites for hydroxylation is 2. The summed E-state index contributed by atoms with van der Waals surface area (Å²) in [5.41, 5.74) is 5.89. The van der Waals surface area contributed by atoms with Crippen LogP contribution in [0.3, 0.4) is 0 Å². The van der Waals surface area contributed by atoms with Gasteiger partial charge in [0.15, 0.2) is 17.1 Å². The number of pyridine rings is 1. The molecule has 0 aliphatic rings. The summed E-state index contributed by atoms with van der Waals surface area (Å²) in [4.78, 5) is 21.4. The van der Waals surface area contributed by atoms with Gasteiger partial charge in [0, 0.05) is 17.3 Å². The first-order valence-electron chi connectivity index (χ1n) is 8.29. The number of aromatic amines is 1. The van der Waals surface area contributed by atoms with E-state index in [4.69, 9.17) is 0 Å². The van der Waals surface area contributed by atoms with Gasteiger partial charge in [-0.2, -0.15) is 0 Å². The number of rotatable bonds is 2. The van der Waals surface area contributed by atoms with Gasteiger partial charge in [0.05, 0.1) is 23.1 Å². The van der Waals surface area contributed by atoms with Gasteiger partial charge in [0.1, 0.15) is 5.82 Å². The second-order valence-corrected chi connectivity index (χ2v) is 6.22. The molecule has 4 aromatic heterocycles. The van der Waals surface area contributed by atoms with E-state index in [0.717, 1.165) is 39.5 Å². The molecule has 0 saturated carbocycles. The summed E-state index contributed by atoms with van der Waals surface area (Å²) in [6, 6.07) is 12.0. The van der Waals surface area contributed by atoms with Crippen molar-refractivity contribution in [1.82, 2.24) is 34.5 Å². The molecule has 0 fully saturated rings. The van der Waals surface area contributed by atoms with E-state index in [0.29, 0.717) is 11.5 Å². The summed E-state index contributed by atoms with van der Waals surface area (Å²) in [6.45, 7) is 3.88. The summed E-state index contributed by atoms with van der Waals surface area (Å²) in [7, 11) is 0. The van der Waals surface area contributed by atoms with Gasteiger partial charge in [-0.3, -0.25) is 4.98 Å². The number of hydrogen-bond acceptors (Lipinski definition) is 5. The van der Waals surface area contributed by atoms with Gasteiger partial charge in [-0.05, 0) is 19.9 Å². The summed E-state index contributed by atoms with van der Waals surface area (Å²) >= 11 is 0. The van der Waals surface area contributed by atoms with Gasteiger partial charge >= 0.3 is 0 Å². The molecule has 5 aromatic rings. The van der Waals surface area contributed by atoms with Gasteiger partial charge in [0.2, 0.25) is 0 Å². The Morgan fingerprint density at radius 3 is 2.65 bits per heavy atom. The van der Waals surface area contributed by atoms with Crippen LogP contribution in [0.2, 0.25) is 0 Å². The normalized spacial score (nSPS) is 11.5. The highest BCUT2D eigenvalue weighted by molar-refractivity contribution is 5.80.